The molecule has 0 spiro atoms. The molecule has 0 atom stereocenters. The number of carbonyl (C=O) groups is 2. The Hall–Kier alpha value is -2.97. The summed E-state index contributed by atoms with van der Waals surface area (Å²) < 4.78 is 27.5. The Morgan fingerprint density at radius 2 is 1.81 bits per heavy atom. The van der Waals surface area contributed by atoms with Crippen LogP contribution in [0.15, 0.2) is 59.5 Å². The van der Waals surface area contributed by atoms with Gasteiger partial charge < -0.3 is 10.2 Å². The molecule has 1 aliphatic heterocycles. The summed E-state index contributed by atoms with van der Waals surface area (Å²) in [6, 6.07) is 13.5. The van der Waals surface area contributed by atoms with Crippen LogP contribution in [0.4, 0.5) is 11.4 Å². The molecule has 1 aliphatic rings. The maximum Gasteiger partial charge on any atom is 0.248 e. The minimum absolute atomic E-state index is 0.0799. The molecule has 8 heteroatoms. The Morgan fingerprint density at radius 3 is 2.42 bits per heavy atom. The molecule has 2 N–H and O–H groups in total. The van der Waals surface area contributed by atoms with Crippen molar-refractivity contribution >= 4 is 39.3 Å². The van der Waals surface area contributed by atoms with Crippen molar-refractivity contribution in [3.05, 3.63) is 60.2 Å². The zero-order chi connectivity index (χ0) is 22.6. The van der Waals surface area contributed by atoms with E-state index in [0.717, 1.165) is 24.2 Å². The number of sulfonamides is 1. The van der Waals surface area contributed by atoms with Crippen LogP contribution in [0.3, 0.4) is 0 Å². The molecule has 1 heterocycles. The standard InChI is InChI=1S/C23H27N3O4S/c1-23(2,3)25-31(29,30)20-7-4-6-18(16-20)24-21(27)14-11-17-9-12-19(13-10-17)26-15-5-8-22(26)28/h4,6-7,9-14,16,25H,5,8,15H2,1-3H3,(H,24,27)/b14-11+. The number of hydrogen-bond acceptors (Lipinski definition) is 4. The first-order valence-electron chi connectivity index (χ1n) is 10.1. The highest BCUT2D eigenvalue weighted by Crippen LogP contribution is 2.22. The Labute approximate surface area is 183 Å². The van der Waals surface area contributed by atoms with E-state index in [1.54, 1.807) is 43.9 Å². The molecule has 31 heavy (non-hydrogen) atoms. The number of nitrogens with one attached hydrogen (secondary N) is 2. The molecule has 0 unspecified atom stereocenters. The molecule has 0 bridgehead atoms. The number of anilines is 2. The minimum atomic E-state index is -3.69. The second kappa shape index (κ2) is 9.03. The second-order valence-corrected chi connectivity index (χ2v) is 10.1. The molecule has 1 fully saturated rings. The predicted molar refractivity (Wildman–Crippen MR) is 122 cm³/mol. The van der Waals surface area contributed by atoms with Crippen molar-refractivity contribution in [2.45, 2.75) is 44.0 Å². The first-order valence-corrected chi connectivity index (χ1v) is 11.6. The summed E-state index contributed by atoms with van der Waals surface area (Å²) in [5.74, 6) is -0.248. The van der Waals surface area contributed by atoms with E-state index in [9.17, 15) is 18.0 Å². The third-order valence-electron chi connectivity index (χ3n) is 4.56. The summed E-state index contributed by atoms with van der Waals surface area (Å²) in [4.78, 5) is 25.9. The van der Waals surface area contributed by atoms with Crippen molar-refractivity contribution in [3.63, 3.8) is 0 Å². The van der Waals surface area contributed by atoms with Crippen LogP contribution >= 0.6 is 0 Å². The third kappa shape index (κ3) is 6.26. The molecule has 2 aromatic carbocycles. The highest BCUT2D eigenvalue weighted by atomic mass is 32.2. The van der Waals surface area contributed by atoms with Crippen LogP contribution in [0.25, 0.3) is 6.08 Å². The van der Waals surface area contributed by atoms with Gasteiger partial charge in [-0.2, -0.15) is 0 Å². The number of hydrogen-bond donors (Lipinski definition) is 2. The molecule has 164 valence electrons. The fourth-order valence-corrected chi connectivity index (χ4v) is 4.71. The van der Waals surface area contributed by atoms with Crippen LogP contribution in [0, 0.1) is 0 Å². The van der Waals surface area contributed by atoms with Crippen molar-refractivity contribution < 1.29 is 18.0 Å². The maximum atomic E-state index is 12.5. The van der Waals surface area contributed by atoms with Gasteiger partial charge in [-0.05, 0) is 69.2 Å². The lowest BCUT2D eigenvalue weighted by Gasteiger charge is -2.20. The van der Waals surface area contributed by atoms with Crippen LogP contribution in [0.1, 0.15) is 39.2 Å². The average molecular weight is 442 g/mol. The molecule has 2 amide bonds. The van der Waals surface area contributed by atoms with E-state index < -0.39 is 15.6 Å². The van der Waals surface area contributed by atoms with E-state index in [0.29, 0.717) is 12.1 Å². The van der Waals surface area contributed by atoms with Gasteiger partial charge in [-0.15, -0.1) is 0 Å². The second-order valence-electron chi connectivity index (χ2n) is 8.45. The van der Waals surface area contributed by atoms with Gasteiger partial charge in [0.25, 0.3) is 0 Å². The molecule has 0 aromatic heterocycles. The molecule has 0 saturated carbocycles. The normalized spacial score (nSPS) is 14.9. The van der Waals surface area contributed by atoms with Gasteiger partial charge in [-0.25, -0.2) is 13.1 Å². The summed E-state index contributed by atoms with van der Waals surface area (Å²) >= 11 is 0. The molecular weight excluding hydrogens is 414 g/mol. The molecule has 7 nitrogen and oxygen atoms in total. The first kappa shape index (κ1) is 22.7. The number of amides is 2. The molecular formula is C23H27N3O4S. The van der Waals surface area contributed by atoms with Gasteiger partial charge in [0.05, 0.1) is 4.90 Å². The lowest BCUT2D eigenvalue weighted by atomic mass is 10.1. The van der Waals surface area contributed by atoms with Crippen molar-refractivity contribution in [2.75, 3.05) is 16.8 Å². The highest BCUT2D eigenvalue weighted by molar-refractivity contribution is 7.89. The molecule has 1 saturated heterocycles. The van der Waals surface area contributed by atoms with E-state index >= 15 is 0 Å². The van der Waals surface area contributed by atoms with Crippen LogP contribution in [-0.4, -0.2) is 32.3 Å². The first-order chi connectivity index (χ1) is 14.5. The molecule has 2 aromatic rings. The van der Waals surface area contributed by atoms with E-state index in [-0.39, 0.29) is 16.7 Å². The van der Waals surface area contributed by atoms with Crippen molar-refractivity contribution in [3.8, 4) is 0 Å². The monoisotopic (exact) mass is 441 g/mol. The van der Waals surface area contributed by atoms with Crippen LogP contribution < -0.4 is 14.9 Å². The Kier molecular flexibility index (Phi) is 6.62. The van der Waals surface area contributed by atoms with Gasteiger partial charge >= 0.3 is 0 Å². The highest BCUT2D eigenvalue weighted by Gasteiger charge is 2.22. The Balaban J connectivity index is 1.64. The van der Waals surface area contributed by atoms with Crippen LogP contribution in [0.2, 0.25) is 0 Å². The average Bonchev–Trinajstić information content (AvgIpc) is 3.11. The molecule has 0 aliphatic carbocycles. The minimum Gasteiger partial charge on any atom is -0.322 e. The van der Waals surface area contributed by atoms with E-state index in [1.165, 1.54) is 18.2 Å². The largest absolute Gasteiger partial charge is 0.322 e. The van der Waals surface area contributed by atoms with Gasteiger partial charge in [-0.1, -0.05) is 18.2 Å². The van der Waals surface area contributed by atoms with Crippen molar-refractivity contribution in [1.29, 1.82) is 0 Å². The number of rotatable bonds is 6. The fourth-order valence-electron chi connectivity index (χ4n) is 3.25. The van der Waals surface area contributed by atoms with Crippen LogP contribution in [0.5, 0.6) is 0 Å². The third-order valence-corrected chi connectivity index (χ3v) is 6.31. The quantitative estimate of drug-likeness (QED) is 0.670. The topological polar surface area (TPSA) is 95.6 Å². The number of nitrogens with zero attached hydrogens (tertiary/aromatic N) is 1. The Bertz CT molecular complexity index is 1100. The lowest BCUT2D eigenvalue weighted by Crippen LogP contribution is -2.40. The number of carbonyl (C=O) groups excluding carboxylic acids is 2. The van der Waals surface area contributed by atoms with Gasteiger partial charge in [0, 0.05) is 36.0 Å². The molecule has 0 radical (unpaired) electrons. The summed E-state index contributed by atoms with van der Waals surface area (Å²) in [6.45, 7) is 6.01. The van der Waals surface area contributed by atoms with E-state index in [4.69, 9.17) is 0 Å². The lowest BCUT2D eigenvalue weighted by molar-refractivity contribution is -0.117. The summed E-state index contributed by atoms with van der Waals surface area (Å²) in [6.07, 6.45) is 4.49. The van der Waals surface area contributed by atoms with Crippen molar-refractivity contribution in [1.82, 2.24) is 4.72 Å². The fraction of sp³-hybridized carbons (Fsp3) is 0.304. The summed E-state index contributed by atoms with van der Waals surface area (Å²) in [7, 11) is -3.69. The maximum absolute atomic E-state index is 12.5. The molecule has 3 rings (SSSR count). The smallest absolute Gasteiger partial charge is 0.248 e. The van der Waals surface area contributed by atoms with Gasteiger partial charge in [-0.3, -0.25) is 9.59 Å². The van der Waals surface area contributed by atoms with Gasteiger partial charge in [0.15, 0.2) is 0 Å². The van der Waals surface area contributed by atoms with Gasteiger partial charge in [0.2, 0.25) is 21.8 Å². The Morgan fingerprint density at radius 1 is 1.10 bits per heavy atom. The predicted octanol–water partition coefficient (Wildman–Crippen LogP) is 3.54. The van der Waals surface area contributed by atoms with Crippen LogP contribution in [-0.2, 0) is 19.6 Å². The zero-order valence-corrected chi connectivity index (χ0v) is 18.7. The number of benzene rings is 2. The zero-order valence-electron chi connectivity index (χ0n) is 17.9. The van der Waals surface area contributed by atoms with Crippen molar-refractivity contribution in [2.24, 2.45) is 0 Å². The van der Waals surface area contributed by atoms with E-state index in [2.05, 4.69) is 10.0 Å². The van der Waals surface area contributed by atoms with Gasteiger partial charge in [0.1, 0.15) is 0 Å². The SMILES string of the molecule is CC(C)(C)NS(=O)(=O)c1cccc(NC(=O)/C=C/c2ccc(N3CCCC3=O)cc2)c1. The summed E-state index contributed by atoms with van der Waals surface area (Å²) in [5, 5.41) is 2.68. The van der Waals surface area contributed by atoms with E-state index in [1.807, 2.05) is 24.3 Å². The summed E-state index contributed by atoms with van der Waals surface area (Å²) in [5.41, 5.74) is 1.44.